The molecule has 3 nitrogen and oxygen atoms in total. The number of nitrogens with one attached hydrogen (secondary N) is 1. The van der Waals surface area contributed by atoms with Gasteiger partial charge in [-0.15, -0.1) is 0 Å². The Labute approximate surface area is 110 Å². The number of benzene rings is 1. The second kappa shape index (κ2) is 7.98. The Morgan fingerprint density at radius 1 is 1.22 bits per heavy atom. The Hall–Kier alpha value is -1.22. The van der Waals surface area contributed by atoms with Crippen molar-refractivity contribution in [1.29, 1.82) is 0 Å². The molecule has 1 aromatic carbocycles. The summed E-state index contributed by atoms with van der Waals surface area (Å²) in [6.45, 7) is 7.99. The van der Waals surface area contributed by atoms with E-state index in [1.54, 1.807) is 7.11 Å². The number of aryl methyl sites for hydroxylation is 1. The van der Waals surface area contributed by atoms with E-state index in [9.17, 15) is 0 Å². The first-order chi connectivity index (χ1) is 8.71. The molecular weight excluding hydrogens is 226 g/mol. The molecule has 0 aliphatic rings. The van der Waals surface area contributed by atoms with E-state index in [1.807, 2.05) is 12.1 Å². The molecule has 18 heavy (non-hydrogen) atoms. The summed E-state index contributed by atoms with van der Waals surface area (Å²) >= 11 is 0. The maximum Gasteiger partial charge on any atom is 0.161 e. The van der Waals surface area contributed by atoms with Gasteiger partial charge in [-0.25, -0.2) is 0 Å². The van der Waals surface area contributed by atoms with Crippen LogP contribution >= 0.6 is 0 Å². The summed E-state index contributed by atoms with van der Waals surface area (Å²) in [5.41, 5.74) is 1.26. The van der Waals surface area contributed by atoms with Gasteiger partial charge in [-0.05, 0) is 37.5 Å². The highest BCUT2D eigenvalue weighted by molar-refractivity contribution is 5.42. The largest absolute Gasteiger partial charge is 0.493 e. The highest BCUT2D eigenvalue weighted by Crippen LogP contribution is 2.28. The molecule has 0 radical (unpaired) electrons. The summed E-state index contributed by atoms with van der Waals surface area (Å²) < 4.78 is 11.1. The quantitative estimate of drug-likeness (QED) is 0.720. The van der Waals surface area contributed by atoms with E-state index in [1.165, 1.54) is 5.56 Å². The van der Waals surface area contributed by atoms with Crippen molar-refractivity contribution in [2.24, 2.45) is 0 Å². The van der Waals surface area contributed by atoms with Crippen LogP contribution in [0.2, 0.25) is 0 Å². The maximum atomic E-state index is 5.73. The molecule has 0 amide bonds. The van der Waals surface area contributed by atoms with Crippen LogP contribution in [0.15, 0.2) is 18.2 Å². The zero-order chi connectivity index (χ0) is 13.4. The molecule has 0 aliphatic carbocycles. The molecule has 0 fully saturated rings. The summed E-state index contributed by atoms with van der Waals surface area (Å²) in [4.78, 5) is 0. The molecule has 3 heteroatoms. The van der Waals surface area contributed by atoms with Gasteiger partial charge >= 0.3 is 0 Å². The second-order valence-corrected chi connectivity index (χ2v) is 4.45. The van der Waals surface area contributed by atoms with Crippen LogP contribution in [-0.2, 0) is 6.42 Å². The molecule has 0 spiro atoms. The summed E-state index contributed by atoms with van der Waals surface area (Å²) in [6, 6.07) is 6.65. The smallest absolute Gasteiger partial charge is 0.161 e. The number of methoxy groups -OCH3 is 1. The highest BCUT2D eigenvalue weighted by atomic mass is 16.5. The van der Waals surface area contributed by atoms with Gasteiger partial charge in [-0.3, -0.25) is 0 Å². The zero-order valence-corrected chi connectivity index (χ0v) is 12.0. The third kappa shape index (κ3) is 4.57. The molecule has 0 saturated carbocycles. The van der Waals surface area contributed by atoms with E-state index < -0.39 is 0 Å². The Morgan fingerprint density at radius 2 is 2.00 bits per heavy atom. The Balaban J connectivity index is 2.46. The van der Waals surface area contributed by atoms with Crippen molar-refractivity contribution >= 4 is 0 Å². The number of hydrogen-bond donors (Lipinski definition) is 1. The van der Waals surface area contributed by atoms with Crippen molar-refractivity contribution in [3.8, 4) is 11.5 Å². The molecular formula is C15H25NO2. The minimum atomic E-state index is 0.540. The van der Waals surface area contributed by atoms with Crippen LogP contribution in [0.5, 0.6) is 11.5 Å². The summed E-state index contributed by atoms with van der Waals surface area (Å²) in [6.07, 6.45) is 2.14. The SMILES string of the molecule is CCc1ccc(OCCNC(C)CC)c(OC)c1. The first kappa shape index (κ1) is 14.8. The summed E-state index contributed by atoms with van der Waals surface area (Å²) in [5, 5.41) is 3.40. The van der Waals surface area contributed by atoms with E-state index >= 15 is 0 Å². The van der Waals surface area contributed by atoms with Crippen molar-refractivity contribution < 1.29 is 9.47 Å². The highest BCUT2D eigenvalue weighted by Gasteiger charge is 2.05. The second-order valence-electron chi connectivity index (χ2n) is 4.45. The average molecular weight is 251 g/mol. The lowest BCUT2D eigenvalue weighted by Gasteiger charge is -2.14. The number of ether oxygens (including phenoxy) is 2. The summed E-state index contributed by atoms with van der Waals surface area (Å²) in [7, 11) is 1.68. The lowest BCUT2D eigenvalue weighted by atomic mass is 10.1. The molecule has 0 saturated heterocycles. The van der Waals surface area contributed by atoms with Crippen molar-refractivity contribution in [1.82, 2.24) is 5.32 Å². The Bertz CT molecular complexity index is 352. The average Bonchev–Trinajstić information content (AvgIpc) is 2.43. The van der Waals surface area contributed by atoms with Gasteiger partial charge in [0.05, 0.1) is 7.11 Å². The predicted molar refractivity (Wildman–Crippen MR) is 75.6 cm³/mol. The van der Waals surface area contributed by atoms with Crippen molar-refractivity contribution in [2.45, 2.75) is 39.7 Å². The van der Waals surface area contributed by atoms with Gasteiger partial charge in [-0.1, -0.05) is 19.9 Å². The first-order valence-corrected chi connectivity index (χ1v) is 6.74. The normalized spacial score (nSPS) is 12.2. The fourth-order valence-electron chi connectivity index (χ4n) is 1.66. The standard InChI is InChI=1S/C15H25NO2/c1-5-12(3)16-9-10-18-14-8-7-13(6-2)11-15(14)17-4/h7-8,11-12,16H,5-6,9-10H2,1-4H3. The van der Waals surface area contributed by atoms with Crippen LogP contribution in [0, 0.1) is 0 Å². The van der Waals surface area contributed by atoms with E-state index in [0.717, 1.165) is 30.9 Å². The van der Waals surface area contributed by atoms with Crippen LogP contribution in [0.1, 0.15) is 32.8 Å². The predicted octanol–water partition coefficient (Wildman–Crippen LogP) is 3.02. The third-order valence-electron chi connectivity index (χ3n) is 3.10. The van der Waals surface area contributed by atoms with Crippen LogP contribution < -0.4 is 14.8 Å². The first-order valence-electron chi connectivity index (χ1n) is 6.74. The van der Waals surface area contributed by atoms with Crippen LogP contribution in [0.3, 0.4) is 0 Å². The van der Waals surface area contributed by atoms with E-state index in [0.29, 0.717) is 12.6 Å². The molecule has 0 aromatic heterocycles. The van der Waals surface area contributed by atoms with Crippen molar-refractivity contribution in [2.75, 3.05) is 20.3 Å². The van der Waals surface area contributed by atoms with Gasteiger partial charge in [0.25, 0.3) is 0 Å². The minimum absolute atomic E-state index is 0.540. The van der Waals surface area contributed by atoms with E-state index in [2.05, 4.69) is 32.2 Å². The van der Waals surface area contributed by atoms with Gasteiger partial charge in [0.1, 0.15) is 6.61 Å². The zero-order valence-electron chi connectivity index (χ0n) is 12.0. The van der Waals surface area contributed by atoms with Gasteiger partial charge in [0.15, 0.2) is 11.5 Å². The van der Waals surface area contributed by atoms with Gasteiger partial charge in [0.2, 0.25) is 0 Å². The molecule has 1 atom stereocenters. The van der Waals surface area contributed by atoms with Crippen molar-refractivity contribution in [3.63, 3.8) is 0 Å². The van der Waals surface area contributed by atoms with Gasteiger partial charge < -0.3 is 14.8 Å². The minimum Gasteiger partial charge on any atom is -0.493 e. The third-order valence-corrected chi connectivity index (χ3v) is 3.10. The van der Waals surface area contributed by atoms with E-state index in [-0.39, 0.29) is 0 Å². The fraction of sp³-hybridized carbons (Fsp3) is 0.600. The monoisotopic (exact) mass is 251 g/mol. The Morgan fingerprint density at radius 3 is 2.61 bits per heavy atom. The summed E-state index contributed by atoms with van der Waals surface area (Å²) in [5.74, 6) is 1.64. The molecule has 0 aliphatic heterocycles. The van der Waals surface area contributed by atoms with Crippen LogP contribution in [0.4, 0.5) is 0 Å². The fourth-order valence-corrected chi connectivity index (χ4v) is 1.66. The molecule has 1 rings (SSSR count). The topological polar surface area (TPSA) is 30.5 Å². The molecule has 102 valence electrons. The van der Waals surface area contributed by atoms with Crippen LogP contribution in [0.25, 0.3) is 0 Å². The molecule has 1 aromatic rings. The maximum absolute atomic E-state index is 5.73. The molecule has 1 unspecified atom stereocenters. The van der Waals surface area contributed by atoms with E-state index in [4.69, 9.17) is 9.47 Å². The molecule has 0 heterocycles. The number of hydrogen-bond acceptors (Lipinski definition) is 3. The lowest BCUT2D eigenvalue weighted by molar-refractivity contribution is 0.286. The van der Waals surface area contributed by atoms with Crippen LogP contribution in [-0.4, -0.2) is 26.3 Å². The van der Waals surface area contributed by atoms with Crippen molar-refractivity contribution in [3.05, 3.63) is 23.8 Å². The van der Waals surface area contributed by atoms with Gasteiger partial charge in [0, 0.05) is 12.6 Å². The number of rotatable bonds is 8. The van der Waals surface area contributed by atoms with Gasteiger partial charge in [-0.2, -0.15) is 0 Å². The molecule has 1 N–H and O–H groups in total. The molecule has 0 bridgehead atoms. The Kier molecular flexibility index (Phi) is 6.58. The lowest BCUT2D eigenvalue weighted by Crippen LogP contribution is -2.29.